The Labute approximate surface area is 176 Å². The van der Waals surface area contributed by atoms with Crippen molar-refractivity contribution in [3.63, 3.8) is 0 Å². The van der Waals surface area contributed by atoms with Crippen molar-refractivity contribution in [2.24, 2.45) is 5.92 Å². The number of amides is 1. The van der Waals surface area contributed by atoms with Crippen LogP contribution in [-0.4, -0.2) is 37.0 Å². The fraction of sp³-hybridized carbons (Fsp3) is 0.409. The van der Waals surface area contributed by atoms with Gasteiger partial charge in [-0.15, -0.1) is 0 Å². The number of benzene rings is 2. The molecule has 1 fully saturated rings. The minimum atomic E-state index is 0.0696. The summed E-state index contributed by atoms with van der Waals surface area (Å²) in [4.78, 5) is 14.7. The Hall–Kier alpha value is -1.59. The van der Waals surface area contributed by atoms with Crippen LogP contribution in [-0.2, 0) is 22.7 Å². The van der Waals surface area contributed by atoms with Crippen molar-refractivity contribution in [3.8, 4) is 0 Å². The van der Waals surface area contributed by atoms with Crippen molar-refractivity contribution in [3.05, 3.63) is 69.7 Å². The summed E-state index contributed by atoms with van der Waals surface area (Å²) < 4.78 is 5.62. The molecule has 1 saturated heterocycles. The highest BCUT2D eigenvalue weighted by Crippen LogP contribution is 2.28. The molecule has 0 atom stereocenters. The molecule has 0 aliphatic carbocycles. The summed E-state index contributed by atoms with van der Waals surface area (Å²) in [5.41, 5.74) is 2.17. The number of halogens is 2. The van der Waals surface area contributed by atoms with Crippen LogP contribution in [0.2, 0.25) is 10.0 Å². The Morgan fingerprint density at radius 3 is 2.57 bits per heavy atom. The number of nitrogens with zero attached hydrogens (tertiary/aromatic N) is 1. The summed E-state index contributed by atoms with van der Waals surface area (Å²) in [6.07, 6.45) is 1.71. The van der Waals surface area contributed by atoms with Gasteiger partial charge in [0.15, 0.2) is 0 Å². The summed E-state index contributed by atoms with van der Waals surface area (Å²) in [7, 11) is 0. The molecule has 0 spiro atoms. The van der Waals surface area contributed by atoms with Gasteiger partial charge in [0.1, 0.15) is 0 Å². The van der Waals surface area contributed by atoms with Gasteiger partial charge in [-0.1, -0.05) is 65.7 Å². The molecule has 0 unspecified atom stereocenters. The van der Waals surface area contributed by atoms with Crippen LogP contribution in [0.25, 0.3) is 0 Å². The molecule has 1 heterocycles. The Balaban J connectivity index is 1.33. The monoisotopic (exact) mass is 420 g/mol. The molecular formula is C22H26Cl2N2O2. The molecule has 1 aliphatic heterocycles. The largest absolute Gasteiger partial charge is 0.375 e. The van der Waals surface area contributed by atoms with Crippen LogP contribution < -0.4 is 5.32 Å². The third kappa shape index (κ3) is 6.21. The number of piperidine rings is 1. The first-order valence-corrected chi connectivity index (χ1v) is 10.4. The second kappa shape index (κ2) is 10.8. The lowest BCUT2D eigenvalue weighted by Crippen LogP contribution is -2.41. The average molecular weight is 421 g/mol. The molecular weight excluding hydrogens is 395 g/mol. The van der Waals surface area contributed by atoms with Crippen molar-refractivity contribution in [2.75, 3.05) is 26.2 Å². The minimum absolute atomic E-state index is 0.0696. The van der Waals surface area contributed by atoms with Crippen LogP contribution in [0.1, 0.15) is 24.0 Å². The van der Waals surface area contributed by atoms with Crippen molar-refractivity contribution in [2.45, 2.75) is 26.0 Å². The van der Waals surface area contributed by atoms with E-state index >= 15 is 0 Å². The Bertz CT molecular complexity index is 762. The second-order valence-corrected chi connectivity index (χ2v) is 7.88. The van der Waals surface area contributed by atoms with Gasteiger partial charge in [-0.2, -0.15) is 0 Å². The Morgan fingerprint density at radius 2 is 1.82 bits per heavy atom. The standard InChI is InChI=1S/C22H26Cl2N2O2/c23-20-8-4-7-19(21(20)24)15-26-12-9-18(10-13-26)22(27)25-11-14-28-16-17-5-2-1-3-6-17/h1-8,18H,9-16H2,(H,25,27). The lowest BCUT2D eigenvalue weighted by atomic mass is 9.95. The Kier molecular flexibility index (Phi) is 8.16. The smallest absolute Gasteiger partial charge is 0.223 e. The van der Waals surface area contributed by atoms with Gasteiger partial charge >= 0.3 is 0 Å². The predicted octanol–water partition coefficient (Wildman–Crippen LogP) is 4.54. The van der Waals surface area contributed by atoms with Crippen LogP contribution >= 0.6 is 23.2 Å². The highest BCUT2D eigenvalue weighted by molar-refractivity contribution is 6.42. The second-order valence-electron chi connectivity index (χ2n) is 7.09. The van der Waals surface area contributed by atoms with Gasteiger partial charge in [0.25, 0.3) is 0 Å². The number of likely N-dealkylation sites (tertiary alicyclic amines) is 1. The van der Waals surface area contributed by atoms with E-state index in [-0.39, 0.29) is 11.8 Å². The van der Waals surface area contributed by atoms with Gasteiger partial charge in [-0.25, -0.2) is 0 Å². The molecule has 2 aromatic carbocycles. The number of rotatable bonds is 8. The maximum absolute atomic E-state index is 12.4. The number of nitrogens with one attached hydrogen (secondary N) is 1. The molecule has 0 saturated carbocycles. The van der Waals surface area contributed by atoms with E-state index < -0.39 is 0 Å². The zero-order chi connectivity index (χ0) is 19.8. The van der Waals surface area contributed by atoms with Crippen LogP contribution in [0, 0.1) is 5.92 Å². The maximum atomic E-state index is 12.4. The Morgan fingerprint density at radius 1 is 1.07 bits per heavy atom. The van der Waals surface area contributed by atoms with Gasteiger partial charge < -0.3 is 10.1 Å². The van der Waals surface area contributed by atoms with Crippen molar-refractivity contribution in [1.29, 1.82) is 0 Å². The number of carbonyl (C=O) groups is 1. The van der Waals surface area contributed by atoms with Crippen molar-refractivity contribution < 1.29 is 9.53 Å². The molecule has 28 heavy (non-hydrogen) atoms. The summed E-state index contributed by atoms with van der Waals surface area (Å²) >= 11 is 12.4. The number of hydrogen-bond donors (Lipinski definition) is 1. The topological polar surface area (TPSA) is 41.6 Å². The molecule has 0 aromatic heterocycles. The molecule has 1 amide bonds. The molecule has 0 bridgehead atoms. The van der Waals surface area contributed by atoms with Gasteiger partial charge in [0.2, 0.25) is 5.91 Å². The van der Waals surface area contributed by atoms with Gasteiger partial charge in [0, 0.05) is 19.0 Å². The van der Waals surface area contributed by atoms with Gasteiger partial charge in [-0.3, -0.25) is 9.69 Å². The van der Waals surface area contributed by atoms with E-state index in [1.807, 2.05) is 42.5 Å². The molecule has 1 N–H and O–H groups in total. The van der Waals surface area contributed by atoms with E-state index in [0.717, 1.165) is 43.6 Å². The van der Waals surface area contributed by atoms with E-state index in [4.69, 9.17) is 27.9 Å². The number of hydrogen-bond acceptors (Lipinski definition) is 3. The van der Waals surface area contributed by atoms with Crippen LogP contribution in [0.3, 0.4) is 0 Å². The van der Waals surface area contributed by atoms with Crippen LogP contribution in [0.4, 0.5) is 0 Å². The summed E-state index contributed by atoms with van der Waals surface area (Å²) in [5, 5.41) is 4.21. The first-order chi connectivity index (χ1) is 13.6. The average Bonchev–Trinajstić information content (AvgIpc) is 2.72. The zero-order valence-electron chi connectivity index (χ0n) is 15.9. The zero-order valence-corrected chi connectivity index (χ0v) is 17.4. The van der Waals surface area contributed by atoms with Gasteiger partial charge in [-0.05, 0) is 43.1 Å². The summed E-state index contributed by atoms with van der Waals surface area (Å²) in [6.45, 7) is 4.16. The van der Waals surface area contributed by atoms with E-state index in [0.29, 0.717) is 29.8 Å². The van der Waals surface area contributed by atoms with Crippen LogP contribution in [0.5, 0.6) is 0 Å². The lowest BCUT2D eigenvalue weighted by Gasteiger charge is -2.31. The summed E-state index contributed by atoms with van der Waals surface area (Å²) in [5.74, 6) is 0.198. The number of carbonyl (C=O) groups excluding carboxylic acids is 1. The summed E-state index contributed by atoms with van der Waals surface area (Å²) in [6, 6.07) is 15.8. The molecule has 150 valence electrons. The highest BCUT2D eigenvalue weighted by Gasteiger charge is 2.25. The maximum Gasteiger partial charge on any atom is 0.223 e. The van der Waals surface area contributed by atoms with Crippen LogP contribution in [0.15, 0.2) is 48.5 Å². The van der Waals surface area contributed by atoms with Crippen molar-refractivity contribution in [1.82, 2.24) is 10.2 Å². The molecule has 0 radical (unpaired) electrons. The SMILES string of the molecule is O=C(NCCOCc1ccccc1)C1CCN(Cc2cccc(Cl)c2Cl)CC1. The first kappa shape index (κ1) is 21.1. The minimum Gasteiger partial charge on any atom is -0.375 e. The fourth-order valence-electron chi connectivity index (χ4n) is 3.42. The van der Waals surface area contributed by atoms with E-state index in [1.165, 1.54) is 0 Å². The van der Waals surface area contributed by atoms with E-state index in [9.17, 15) is 4.79 Å². The normalized spacial score (nSPS) is 15.5. The van der Waals surface area contributed by atoms with Crippen molar-refractivity contribution >= 4 is 29.1 Å². The molecule has 3 rings (SSSR count). The number of ether oxygens (including phenoxy) is 1. The van der Waals surface area contributed by atoms with E-state index in [1.54, 1.807) is 6.07 Å². The fourth-order valence-corrected chi connectivity index (χ4v) is 3.80. The molecule has 4 nitrogen and oxygen atoms in total. The predicted molar refractivity (Wildman–Crippen MR) is 114 cm³/mol. The quantitative estimate of drug-likeness (QED) is 0.637. The molecule has 6 heteroatoms. The first-order valence-electron chi connectivity index (χ1n) is 9.68. The molecule has 2 aromatic rings. The highest BCUT2D eigenvalue weighted by atomic mass is 35.5. The van der Waals surface area contributed by atoms with E-state index in [2.05, 4.69) is 10.2 Å². The molecule has 1 aliphatic rings. The third-order valence-corrected chi connectivity index (χ3v) is 5.90. The van der Waals surface area contributed by atoms with Gasteiger partial charge in [0.05, 0.1) is 23.3 Å². The lowest BCUT2D eigenvalue weighted by molar-refractivity contribution is -0.126. The third-order valence-electron chi connectivity index (χ3n) is 5.04.